The maximum atomic E-state index is 4.64. The van der Waals surface area contributed by atoms with Crippen LogP contribution in [-0.4, -0.2) is 34.6 Å². The highest BCUT2D eigenvalue weighted by Crippen LogP contribution is 2.26. The third kappa shape index (κ3) is 3.91. The maximum Gasteiger partial charge on any atom is 0.230 e. The van der Waals surface area contributed by atoms with Crippen LogP contribution in [-0.2, 0) is 0 Å². The minimum absolute atomic E-state index is 0.662. The molecule has 0 fully saturated rings. The summed E-state index contributed by atoms with van der Waals surface area (Å²) in [5.41, 5.74) is 0. The van der Waals surface area contributed by atoms with Gasteiger partial charge in [0.1, 0.15) is 0 Å². The minimum atomic E-state index is 0.662. The molecule has 5 nitrogen and oxygen atoms in total. The van der Waals surface area contributed by atoms with Crippen LogP contribution in [0.4, 0.5) is 11.9 Å². The number of rotatable bonds is 7. The SMILES string of the molecule is CCCNc1nc(-c2ccc(C)s2)nc(N(CC)CC)n1. The van der Waals surface area contributed by atoms with Crippen molar-refractivity contribution in [1.82, 2.24) is 15.0 Å². The Labute approximate surface area is 130 Å². The highest BCUT2D eigenvalue weighted by molar-refractivity contribution is 7.15. The molecule has 0 saturated carbocycles. The topological polar surface area (TPSA) is 53.9 Å². The number of hydrogen-bond acceptors (Lipinski definition) is 6. The lowest BCUT2D eigenvalue weighted by molar-refractivity contribution is 0.812. The number of thiophene rings is 1. The molecule has 0 saturated heterocycles. The van der Waals surface area contributed by atoms with Crippen LogP contribution >= 0.6 is 11.3 Å². The first-order valence-corrected chi connectivity index (χ1v) is 8.31. The quantitative estimate of drug-likeness (QED) is 0.847. The zero-order valence-corrected chi connectivity index (χ0v) is 14.0. The van der Waals surface area contributed by atoms with Gasteiger partial charge in [-0.15, -0.1) is 11.3 Å². The molecular weight excluding hydrogens is 282 g/mol. The summed E-state index contributed by atoms with van der Waals surface area (Å²) in [6, 6.07) is 4.17. The van der Waals surface area contributed by atoms with E-state index in [1.807, 2.05) is 0 Å². The highest BCUT2D eigenvalue weighted by atomic mass is 32.1. The van der Waals surface area contributed by atoms with Gasteiger partial charge in [0.05, 0.1) is 4.88 Å². The molecule has 0 aromatic carbocycles. The van der Waals surface area contributed by atoms with Crippen molar-refractivity contribution in [1.29, 1.82) is 0 Å². The molecule has 2 aromatic heterocycles. The minimum Gasteiger partial charge on any atom is -0.354 e. The number of hydrogen-bond donors (Lipinski definition) is 1. The van der Waals surface area contributed by atoms with Crippen LogP contribution in [0, 0.1) is 6.92 Å². The van der Waals surface area contributed by atoms with Gasteiger partial charge in [-0.25, -0.2) is 0 Å². The number of nitrogens with zero attached hydrogens (tertiary/aromatic N) is 4. The third-order valence-electron chi connectivity index (χ3n) is 3.16. The van der Waals surface area contributed by atoms with E-state index in [9.17, 15) is 0 Å². The molecule has 0 radical (unpaired) electrons. The van der Waals surface area contributed by atoms with Crippen molar-refractivity contribution in [2.75, 3.05) is 29.9 Å². The predicted molar refractivity (Wildman–Crippen MR) is 90.2 cm³/mol. The standard InChI is InChI=1S/C15H23N5S/c1-5-10-16-14-17-13(12-9-8-11(4)21-12)18-15(19-14)20(6-2)7-3/h8-9H,5-7,10H2,1-4H3,(H,16,17,18,19). The molecule has 0 aliphatic carbocycles. The molecule has 114 valence electrons. The first-order chi connectivity index (χ1) is 10.2. The smallest absolute Gasteiger partial charge is 0.230 e. The Morgan fingerprint density at radius 3 is 2.43 bits per heavy atom. The Morgan fingerprint density at radius 1 is 1.10 bits per heavy atom. The van der Waals surface area contributed by atoms with Gasteiger partial charge in [-0.1, -0.05) is 6.92 Å². The van der Waals surface area contributed by atoms with Crippen molar-refractivity contribution < 1.29 is 0 Å². The molecule has 2 aromatic rings. The van der Waals surface area contributed by atoms with E-state index in [1.165, 1.54) is 4.88 Å². The molecule has 0 aliphatic heterocycles. The molecule has 0 bridgehead atoms. The molecule has 0 aliphatic rings. The van der Waals surface area contributed by atoms with Crippen molar-refractivity contribution in [3.63, 3.8) is 0 Å². The second-order valence-corrected chi connectivity index (χ2v) is 6.08. The predicted octanol–water partition coefficient (Wildman–Crippen LogP) is 3.58. The van der Waals surface area contributed by atoms with Gasteiger partial charge >= 0.3 is 0 Å². The van der Waals surface area contributed by atoms with E-state index in [1.54, 1.807) is 11.3 Å². The molecule has 21 heavy (non-hydrogen) atoms. The van der Waals surface area contributed by atoms with Crippen LogP contribution in [0.15, 0.2) is 12.1 Å². The van der Waals surface area contributed by atoms with Crippen molar-refractivity contribution in [2.45, 2.75) is 34.1 Å². The normalized spacial score (nSPS) is 10.7. The molecule has 0 amide bonds. The second kappa shape index (κ2) is 7.36. The number of aromatic nitrogens is 3. The van der Waals surface area contributed by atoms with E-state index >= 15 is 0 Å². The Balaban J connectivity index is 2.41. The lowest BCUT2D eigenvalue weighted by Crippen LogP contribution is -2.25. The molecule has 0 atom stereocenters. The Bertz CT molecular complexity index is 577. The van der Waals surface area contributed by atoms with Gasteiger partial charge in [0, 0.05) is 24.5 Å². The van der Waals surface area contributed by atoms with E-state index < -0.39 is 0 Å². The zero-order valence-electron chi connectivity index (χ0n) is 13.2. The van der Waals surface area contributed by atoms with Gasteiger partial charge in [0.2, 0.25) is 11.9 Å². The van der Waals surface area contributed by atoms with Gasteiger partial charge in [-0.05, 0) is 39.3 Å². The Kier molecular flexibility index (Phi) is 5.50. The van der Waals surface area contributed by atoms with E-state index in [2.05, 4.69) is 65.0 Å². The lowest BCUT2D eigenvalue weighted by Gasteiger charge is -2.19. The van der Waals surface area contributed by atoms with Crippen molar-refractivity contribution in [3.05, 3.63) is 17.0 Å². The van der Waals surface area contributed by atoms with Crippen molar-refractivity contribution >= 4 is 23.2 Å². The van der Waals surface area contributed by atoms with E-state index in [4.69, 9.17) is 0 Å². The van der Waals surface area contributed by atoms with Crippen molar-refractivity contribution in [2.24, 2.45) is 0 Å². The fraction of sp³-hybridized carbons (Fsp3) is 0.533. The van der Waals surface area contributed by atoms with Crippen LogP contribution in [0.3, 0.4) is 0 Å². The first-order valence-electron chi connectivity index (χ1n) is 7.49. The summed E-state index contributed by atoms with van der Waals surface area (Å²) >= 11 is 1.71. The monoisotopic (exact) mass is 305 g/mol. The zero-order chi connectivity index (χ0) is 15.2. The first kappa shape index (κ1) is 15.7. The van der Waals surface area contributed by atoms with E-state index in [0.29, 0.717) is 5.95 Å². The van der Waals surface area contributed by atoms with Crippen LogP contribution < -0.4 is 10.2 Å². The summed E-state index contributed by atoms with van der Waals surface area (Å²) in [6.07, 6.45) is 1.04. The number of aryl methyl sites for hydroxylation is 1. The van der Waals surface area contributed by atoms with E-state index in [-0.39, 0.29) is 0 Å². The summed E-state index contributed by atoms with van der Waals surface area (Å²) in [5.74, 6) is 2.16. The molecular formula is C15H23N5S. The maximum absolute atomic E-state index is 4.64. The summed E-state index contributed by atoms with van der Waals surface area (Å²) < 4.78 is 0. The van der Waals surface area contributed by atoms with Gasteiger partial charge < -0.3 is 10.2 Å². The van der Waals surface area contributed by atoms with Crippen LogP contribution in [0.5, 0.6) is 0 Å². The van der Waals surface area contributed by atoms with Gasteiger partial charge in [0.15, 0.2) is 5.82 Å². The van der Waals surface area contributed by atoms with E-state index in [0.717, 1.165) is 42.7 Å². The molecule has 0 unspecified atom stereocenters. The average molecular weight is 305 g/mol. The lowest BCUT2D eigenvalue weighted by atomic mass is 10.4. The molecule has 6 heteroatoms. The average Bonchev–Trinajstić information content (AvgIpc) is 2.93. The Hall–Kier alpha value is -1.69. The fourth-order valence-corrected chi connectivity index (χ4v) is 2.80. The van der Waals surface area contributed by atoms with Crippen LogP contribution in [0.25, 0.3) is 10.7 Å². The number of anilines is 2. The van der Waals surface area contributed by atoms with Gasteiger partial charge in [-0.3, -0.25) is 0 Å². The number of nitrogens with one attached hydrogen (secondary N) is 1. The highest BCUT2D eigenvalue weighted by Gasteiger charge is 2.13. The largest absolute Gasteiger partial charge is 0.354 e. The fourth-order valence-electron chi connectivity index (χ4n) is 1.99. The molecule has 2 rings (SSSR count). The summed E-state index contributed by atoms with van der Waals surface area (Å²) in [4.78, 5) is 18.2. The third-order valence-corrected chi connectivity index (χ3v) is 4.16. The van der Waals surface area contributed by atoms with Gasteiger partial charge in [-0.2, -0.15) is 15.0 Å². The summed E-state index contributed by atoms with van der Waals surface area (Å²) in [6.45, 7) is 11.1. The molecule has 2 heterocycles. The Morgan fingerprint density at radius 2 is 1.86 bits per heavy atom. The van der Waals surface area contributed by atoms with Crippen LogP contribution in [0.2, 0.25) is 0 Å². The summed E-state index contributed by atoms with van der Waals surface area (Å²) in [5, 5.41) is 3.27. The molecule has 0 spiro atoms. The molecule has 1 N–H and O–H groups in total. The van der Waals surface area contributed by atoms with Crippen molar-refractivity contribution in [3.8, 4) is 10.7 Å². The second-order valence-electron chi connectivity index (χ2n) is 4.79. The summed E-state index contributed by atoms with van der Waals surface area (Å²) in [7, 11) is 0. The van der Waals surface area contributed by atoms with Gasteiger partial charge in [0.25, 0.3) is 0 Å². The van der Waals surface area contributed by atoms with Crippen LogP contribution in [0.1, 0.15) is 32.1 Å².